The third-order valence-electron chi connectivity index (χ3n) is 4.66. The van der Waals surface area contributed by atoms with Crippen LogP contribution in [0, 0.1) is 0 Å². The molecule has 1 fully saturated rings. The second kappa shape index (κ2) is 11.1. The molecule has 1 aromatic carbocycles. The van der Waals surface area contributed by atoms with Gasteiger partial charge in [0.2, 0.25) is 5.91 Å². The number of nitrogens with zero attached hydrogens (tertiary/aromatic N) is 1. The molecule has 0 bridgehead atoms. The van der Waals surface area contributed by atoms with Crippen LogP contribution in [0.1, 0.15) is 56.8 Å². The van der Waals surface area contributed by atoms with Crippen LogP contribution in [0.5, 0.6) is 0 Å². The van der Waals surface area contributed by atoms with Crippen molar-refractivity contribution in [3.05, 3.63) is 29.8 Å². The highest BCUT2D eigenvalue weighted by molar-refractivity contribution is 8.00. The van der Waals surface area contributed by atoms with Gasteiger partial charge in [-0.15, -0.1) is 11.8 Å². The standard InChI is InChI=1S/C21H30N2O4S/c1-4-16-9-7-8-12-23(16)20(25)13-27-21(26)17-10-5-6-11-18(17)28-14-19(24)22-15(2)3/h5-6,10-11,15-16H,4,7-9,12-14H2,1-3H3,(H,22,24). The van der Waals surface area contributed by atoms with E-state index in [9.17, 15) is 14.4 Å². The van der Waals surface area contributed by atoms with Crippen molar-refractivity contribution in [2.75, 3.05) is 18.9 Å². The van der Waals surface area contributed by atoms with Gasteiger partial charge in [-0.2, -0.15) is 0 Å². The van der Waals surface area contributed by atoms with E-state index in [-0.39, 0.29) is 36.3 Å². The highest BCUT2D eigenvalue weighted by Crippen LogP contribution is 2.24. The molecule has 1 heterocycles. The molecule has 1 unspecified atom stereocenters. The Morgan fingerprint density at radius 1 is 1.25 bits per heavy atom. The van der Waals surface area contributed by atoms with Gasteiger partial charge < -0.3 is 15.0 Å². The molecule has 28 heavy (non-hydrogen) atoms. The van der Waals surface area contributed by atoms with Gasteiger partial charge in [0.15, 0.2) is 6.61 Å². The van der Waals surface area contributed by atoms with E-state index in [1.165, 1.54) is 11.8 Å². The van der Waals surface area contributed by atoms with Gasteiger partial charge in [-0.1, -0.05) is 19.1 Å². The zero-order valence-corrected chi connectivity index (χ0v) is 17.7. The van der Waals surface area contributed by atoms with Crippen LogP contribution in [0.3, 0.4) is 0 Å². The first kappa shape index (κ1) is 22.3. The monoisotopic (exact) mass is 406 g/mol. The molecule has 2 amide bonds. The number of amides is 2. The van der Waals surface area contributed by atoms with Crippen LogP contribution in [-0.2, 0) is 14.3 Å². The quantitative estimate of drug-likeness (QED) is 0.530. The first-order valence-electron chi connectivity index (χ1n) is 9.90. The maximum atomic E-state index is 12.5. The molecule has 1 aromatic rings. The zero-order chi connectivity index (χ0) is 20.5. The molecular formula is C21H30N2O4S. The van der Waals surface area contributed by atoms with Crippen LogP contribution < -0.4 is 5.32 Å². The second-order valence-corrected chi connectivity index (χ2v) is 8.25. The Kier molecular flexibility index (Phi) is 8.83. The fourth-order valence-corrected chi connectivity index (χ4v) is 4.16. The van der Waals surface area contributed by atoms with E-state index in [1.807, 2.05) is 24.8 Å². The number of hydrogen-bond donors (Lipinski definition) is 1. The van der Waals surface area contributed by atoms with E-state index in [1.54, 1.807) is 18.2 Å². The van der Waals surface area contributed by atoms with Gasteiger partial charge in [0.25, 0.3) is 5.91 Å². The number of carbonyl (C=O) groups is 3. The number of piperidine rings is 1. The van der Waals surface area contributed by atoms with E-state index < -0.39 is 5.97 Å². The van der Waals surface area contributed by atoms with Crippen molar-refractivity contribution < 1.29 is 19.1 Å². The molecule has 1 N–H and O–H groups in total. The third-order valence-corrected chi connectivity index (χ3v) is 5.73. The predicted molar refractivity (Wildman–Crippen MR) is 110 cm³/mol. The Labute approximate surface area is 171 Å². The minimum absolute atomic E-state index is 0.0704. The number of benzene rings is 1. The van der Waals surface area contributed by atoms with Gasteiger partial charge in [-0.3, -0.25) is 9.59 Å². The Balaban J connectivity index is 1.93. The number of hydrogen-bond acceptors (Lipinski definition) is 5. The summed E-state index contributed by atoms with van der Waals surface area (Å²) < 4.78 is 5.30. The van der Waals surface area contributed by atoms with Crippen molar-refractivity contribution in [1.29, 1.82) is 0 Å². The summed E-state index contributed by atoms with van der Waals surface area (Å²) in [4.78, 5) is 39.4. The largest absolute Gasteiger partial charge is 0.452 e. The van der Waals surface area contributed by atoms with Crippen molar-refractivity contribution in [1.82, 2.24) is 10.2 Å². The molecule has 0 aliphatic carbocycles. The third kappa shape index (κ3) is 6.55. The number of rotatable bonds is 8. The van der Waals surface area contributed by atoms with E-state index >= 15 is 0 Å². The summed E-state index contributed by atoms with van der Waals surface area (Å²) >= 11 is 1.28. The number of esters is 1. The second-order valence-electron chi connectivity index (χ2n) is 7.23. The van der Waals surface area contributed by atoms with Crippen LogP contribution in [0.4, 0.5) is 0 Å². The van der Waals surface area contributed by atoms with Crippen LogP contribution in [0.2, 0.25) is 0 Å². The van der Waals surface area contributed by atoms with Crippen molar-refractivity contribution in [3.8, 4) is 0 Å². The first-order valence-corrected chi connectivity index (χ1v) is 10.9. The lowest BCUT2D eigenvalue weighted by Crippen LogP contribution is -2.45. The smallest absolute Gasteiger partial charge is 0.339 e. The number of thioether (sulfide) groups is 1. The summed E-state index contributed by atoms with van der Waals surface area (Å²) in [5.74, 6) is -0.547. The van der Waals surface area contributed by atoms with Gasteiger partial charge in [0.1, 0.15) is 0 Å². The molecule has 0 saturated carbocycles. The Morgan fingerprint density at radius 3 is 2.71 bits per heavy atom. The van der Waals surface area contributed by atoms with E-state index in [4.69, 9.17) is 4.74 Å². The number of carbonyl (C=O) groups excluding carboxylic acids is 3. The molecule has 1 aliphatic heterocycles. The fraction of sp³-hybridized carbons (Fsp3) is 0.571. The Bertz CT molecular complexity index is 693. The lowest BCUT2D eigenvalue weighted by atomic mass is 10.00. The molecule has 2 rings (SSSR count). The lowest BCUT2D eigenvalue weighted by molar-refractivity contribution is -0.138. The minimum atomic E-state index is -0.536. The van der Waals surface area contributed by atoms with Gasteiger partial charge in [0, 0.05) is 23.5 Å². The Hall–Kier alpha value is -2.02. The number of nitrogens with one attached hydrogen (secondary N) is 1. The normalized spacial score (nSPS) is 16.7. The van der Waals surface area contributed by atoms with Crippen molar-refractivity contribution in [3.63, 3.8) is 0 Å². The molecule has 1 aliphatic rings. The van der Waals surface area contributed by atoms with Crippen LogP contribution >= 0.6 is 11.8 Å². The summed E-state index contributed by atoms with van der Waals surface area (Å²) in [6, 6.07) is 7.30. The van der Waals surface area contributed by atoms with E-state index in [0.717, 1.165) is 32.2 Å². The molecule has 6 nitrogen and oxygen atoms in total. The molecule has 1 atom stereocenters. The average molecular weight is 407 g/mol. The van der Waals surface area contributed by atoms with Gasteiger partial charge in [0.05, 0.1) is 11.3 Å². The molecule has 0 aromatic heterocycles. The predicted octanol–water partition coefficient (Wildman–Crippen LogP) is 3.25. The first-order chi connectivity index (χ1) is 13.4. The number of likely N-dealkylation sites (tertiary alicyclic amines) is 1. The lowest BCUT2D eigenvalue weighted by Gasteiger charge is -2.35. The maximum absolute atomic E-state index is 12.5. The van der Waals surface area contributed by atoms with E-state index in [0.29, 0.717) is 10.5 Å². The topological polar surface area (TPSA) is 75.7 Å². The van der Waals surface area contributed by atoms with E-state index in [2.05, 4.69) is 12.2 Å². The van der Waals surface area contributed by atoms with Crippen LogP contribution in [0.25, 0.3) is 0 Å². The van der Waals surface area contributed by atoms with Gasteiger partial charge in [-0.25, -0.2) is 4.79 Å². The molecule has 0 radical (unpaired) electrons. The zero-order valence-electron chi connectivity index (χ0n) is 16.9. The van der Waals surface area contributed by atoms with Crippen LogP contribution in [0.15, 0.2) is 29.2 Å². The summed E-state index contributed by atoms with van der Waals surface area (Å²) in [5.41, 5.74) is 0.378. The van der Waals surface area contributed by atoms with Crippen molar-refractivity contribution in [2.45, 2.75) is 63.4 Å². The molecular weight excluding hydrogens is 376 g/mol. The summed E-state index contributed by atoms with van der Waals surface area (Å²) in [6.45, 7) is 6.35. The summed E-state index contributed by atoms with van der Waals surface area (Å²) in [6.07, 6.45) is 4.05. The minimum Gasteiger partial charge on any atom is -0.452 e. The molecule has 7 heteroatoms. The van der Waals surface area contributed by atoms with Crippen molar-refractivity contribution in [2.24, 2.45) is 0 Å². The maximum Gasteiger partial charge on any atom is 0.339 e. The fourth-order valence-electron chi connectivity index (χ4n) is 3.31. The number of ether oxygens (including phenoxy) is 1. The SMILES string of the molecule is CCC1CCCCN1C(=O)COC(=O)c1ccccc1SCC(=O)NC(C)C. The van der Waals surface area contributed by atoms with Gasteiger partial charge in [-0.05, 0) is 51.7 Å². The molecule has 0 spiro atoms. The Morgan fingerprint density at radius 2 is 2.00 bits per heavy atom. The summed E-state index contributed by atoms with van der Waals surface area (Å²) in [5, 5.41) is 2.82. The molecule has 154 valence electrons. The summed E-state index contributed by atoms with van der Waals surface area (Å²) in [7, 11) is 0. The molecule has 1 saturated heterocycles. The van der Waals surface area contributed by atoms with Gasteiger partial charge >= 0.3 is 5.97 Å². The highest BCUT2D eigenvalue weighted by Gasteiger charge is 2.26. The van der Waals surface area contributed by atoms with Crippen LogP contribution in [-0.4, -0.2) is 53.7 Å². The highest BCUT2D eigenvalue weighted by atomic mass is 32.2. The van der Waals surface area contributed by atoms with Crippen molar-refractivity contribution >= 4 is 29.5 Å². The average Bonchev–Trinajstić information content (AvgIpc) is 2.69.